The minimum Gasteiger partial charge on any atom is -0.633 e. The van der Waals surface area contributed by atoms with E-state index in [9.17, 15) is 13.6 Å². The van der Waals surface area contributed by atoms with Crippen molar-refractivity contribution in [3.05, 3.63) is 10.9 Å². The van der Waals surface area contributed by atoms with Crippen molar-refractivity contribution in [3.8, 4) is 0 Å². The molecular formula is C11H15N3O3S2. The predicted octanol–water partition coefficient (Wildman–Crippen LogP) is 0.547. The van der Waals surface area contributed by atoms with E-state index in [2.05, 4.69) is 8.75 Å². The van der Waals surface area contributed by atoms with Gasteiger partial charge in [-0.15, -0.1) is 0 Å². The number of sulfone groups is 1. The van der Waals surface area contributed by atoms with Gasteiger partial charge in [-0.2, -0.15) is 8.75 Å². The van der Waals surface area contributed by atoms with Crippen LogP contribution in [0.3, 0.4) is 0 Å². The molecule has 19 heavy (non-hydrogen) atoms. The summed E-state index contributed by atoms with van der Waals surface area (Å²) in [7, 11) is -3.34. The van der Waals surface area contributed by atoms with E-state index in [1.807, 2.05) is 6.92 Å². The summed E-state index contributed by atoms with van der Waals surface area (Å²) >= 11 is 0.962. The Labute approximate surface area is 115 Å². The van der Waals surface area contributed by atoms with Crippen molar-refractivity contribution in [1.82, 2.24) is 8.75 Å². The van der Waals surface area contributed by atoms with Gasteiger partial charge < -0.3 is 9.85 Å². The zero-order valence-electron chi connectivity index (χ0n) is 10.6. The molecule has 1 aromatic heterocycles. The van der Waals surface area contributed by atoms with Gasteiger partial charge in [0.2, 0.25) is 0 Å². The standard InChI is InChI=1S/C11H15N3O3S2/c1-2-3-19(16,17)10-9(12-18-13-10)11-6-14(15)4-7(11)8(11)5-14/h7-8H,2-6H2,1H3/t7-,8+,11?,14?. The Kier molecular flexibility index (Phi) is 2.16. The molecule has 104 valence electrons. The van der Waals surface area contributed by atoms with Gasteiger partial charge in [0.15, 0.2) is 14.9 Å². The summed E-state index contributed by atoms with van der Waals surface area (Å²) in [6.07, 6.45) is 0.570. The van der Waals surface area contributed by atoms with Gasteiger partial charge in [0.1, 0.15) is 5.69 Å². The van der Waals surface area contributed by atoms with Crippen LogP contribution < -0.4 is 0 Å². The van der Waals surface area contributed by atoms with Gasteiger partial charge in [-0.25, -0.2) is 8.42 Å². The van der Waals surface area contributed by atoms with Crippen LogP contribution in [0, 0.1) is 17.0 Å². The van der Waals surface area contributed by atoms with Crippen LogP contribution in [0.5, 0.6) is 0 Å². The van der Waals surface area contributed by atoms with Gasteiger partial charge in [-0.1, -0.05) is 6.92 Å². The summed E-state index contributed by atoms with van der Waals surface area (Å²) in [6.45, 7) is 3.61. The molecule has 4 atom stereocenters. The Bertz CT molecular complexity index is 642. The molecule has 4 aliphatic rings. The molecule has 0 aromatic carbocycles. The molecule has 2 unspecified atom stereocenters. The molecule has 0 amide bonds. The molecule has 4 fully saturated rings. The number of nitrogens with zero attached hydrogens (tertiary/aromatic N) is 3. The van der Waals surface area contributed by atoms with Crippen molar-refractivity contribution in [2.24, 2.45) is 11.8 Å². The minimum absolute atomic E-state index is 0.105. The fourth-order valence-electron chi connectivity index (χ4n) is 4.28. The summed E-state index contributed by atoms with van der Waals surface area (Å²) in [4.78, 5) is 0. The first kappa shape index (κ1) is 12.2. The van der Waals surface area contributed by atoms with Gasteiger partial charge in [-0.05, 0) is 6.42 Å². The number of hydrogen-bond acceptors (Lipinski definition) is 6. The summed E-state index contributed by atoms with van der Waals surface area (Å²) in [5, 5.41) is 12.4. The highest BCUT2D eigenvalue weighted by Gasteiger charge is 2.83. The van der Waals surface area contributed by atoms with Gasteiger partial charge in [0.25, 0.3) is 0 Å². The van der Waals surface area contributed by atoms with Crippen LogP contribution >= 0.6 is 11.7 Å². The monoisotopic (exact) mass is 301 g/mol. The molecule has 4 heterocycles. The average molecular weight is 301 g/mol. The predicted molar refractivity (Wildman–Crippen MR) is 69.1 cm³/mol. The summed E-state index contributed by atoms with van der Waals surface area (Å²) < 4.78 is 32.7. The molecule has 6 nitrogen and oxygen atoms in total. The molecule has 0 spiro atoms. The number of hydroxylamine groups is 3. The lowest BCUT2D eigenvalue weighted by molar-refractivity contribution is -0.854. The third kappa shape index (κ3) is 1.35. The maximum atomic E-state index is 12.3. The lowest BCUT2D eigenvalue weighted by atomic mass is 10.0. The molecule has 8 heteroatoms. The van der Waals surface area contributed by atoms with Crippen molar-refractivity contribution in [2.45, 2.75) is 23.8 Å². The largest absolute Gasteiger partial charge is 0.633 e. The van der Waals surface area contributed by atoms with Crippen LogP contribution in [0.25, 0.3) is 0 Å². The lowest BCUT2D eigenvalue weighted by Crippen LogP contribution is -2.35. The second-order valence-corrected chi connectivity index (χ2v) is 8.62. The van der Waals surface area contributed by atoms with Crippen LogP contribution in [0.4, 0.5) is 0 Å². The van der Waals surface area contributed by atoms with Crippen molar-refractivity contribution in [2.75, 3.05) is 25.4 Å². The molecular weight excluding hydrogens is 286 g/mol. The highest BCUT2D eigenvalue weighted by Crippen LogP contribution is 2.72. The van der Waals surface area contributed by atoms with Crippen molar-refractivity contribution in [3.63, 3.8) is 0 Å². The van der Waals surface area contributed by atoms with E-state index in [0.29, 0.717) is 43.6 Å². The Morgan fingerprint density at radius 3 is 2.63 bits per heavy atom. The second kappa shape index (κ2) is 3.36. The van der Waals surface area contributed by atoms with Crippen LogP contribution in [-0.4, -0.2) is 47.2 Å². The number of aromatic nitrogens is 2. The van der Waals surface area contributed by atoms with Crippen molar-refractivity contribution in [1.29, 1.82) is 0 Å². The molecule has 0 N–H and O–H groups in total. The first-order chi connectivity index (χ1) is 8.93. The van der Waals surface area contributed by atoms with Gasteiger partial charge in [-0.3, -0.25) is 0 Å². The van der Waals surface area contributed by atoms with Gasteiger partial charge >= 0.3 is 0 Å². The number of quaternary nitrogens is 1. The van der Waals surface area contributed by atoms with E-state index in [1.54, 1.807) is 0 Å². The van der Waals surface area contributed by atoms with Crippen LogP contribution in [0.1, 0.15) is 19.0 Å². The Balaban J connectivity index is 1.79. The average Bonchev–Trinajstić information content (AvgIpc) is 2.86. The maximum Gasteiger partial charge on any atom is 0.198 e. The van der Waals surface area contributed by atoms with E-state index >= 15 is 0 Å². The smallest absolute Gasteiger partial charge is 0.198 e. The van der Waals surface area contributed by atoms with E-state index < -0.39 is 9.84 Å². The normalized spacial score (nSPS) is 42.8. The van der Waals surface area contributed by atoms with E-state index in [-0.39, 0.29) is 20.8 Å². The molecule has 3 aliphatic heterocycles. The molecule has 5 rings (SSSR count). The zero-order valence-corrected chi connectivity index (χ0v) is 12.2. The SMILES string of the molecule is CCCS(=O)(=O)c1nsnc1C12C[N+]3([O-])C[C@@H]1[C@@H]2C3. The summed E-state index contributed by atoms with van der Waals surface area (Å²) in [5.74, 6) is 0.780. The highest BCUT2D eigenvalue weighted by molar-refractivity contribution is 7.91. The molecule has 1 aromatic rings. The first-order valence-electron chi connectivity index (χ1n) is 6.56. The van der Waals surface area contributed by atoms with Crippen molar-refractivity contribution >= 4 is 21.6 Å². The third-order valence-corrected chi connectivity index (χ3v) is 7.44. The first-order valence-corrected chi connectivity index (χ1v) is 8.94. The Morgan fingerprint density at radius 1 is 1.42 bits per heavy atom. The van der Waals surface area contributed by atoms with Crippen LogP contribution in [0.2, 0.25) is 0 Å². The lowest BCUT2D eigenvalue weighted by Gasteiger charge is -2.33. The molecule has 0 radical (unpaired) electrons. The fraction of sp³-hybridized carbons (Fsp3) is 0.818. The Morgan fingerprint density at radius 2 is 2.11 bits per heavy atom. The van der Waals surface area contributed by atoms with Crippen LogP contribution in [0.15, 0.2) is 5.03 Å². The summed E-state index contributed by atoms with van der Waals surface area (Å²) in [6, 6.07) is 0. The van der Waals surface area contributed by atoms with Crippen LogP contribution in [-0.2, 0) is 15.3 Å². The fourth-order valence-corrected chi connectivity index (χ4v) is 6.69. The number of piperidine rings is 3. The summed E-state index contributed by atoms with van der Waals surface area (Å²) in [5.41, 5.74) is 0.347. The highest BCUT2D eigenvalue weighted by atomic mass is 32.2. The quantitative estimate of drug-likeness (QED) is 0.599. The number of hydrogen-bond donors (Lipinski definition) is 0. The maximum absolute atomic E-state index is 12.3. The Hall–Kier alpha value is -0.570. The third-order valence-electron chi connectivity index (χ3n) is 4.98. The topological polar surface area (TPSA) is 83.0 Å². The number of rotatable bonds is 4. The van der Waals surface area contributed by atoms with E-state index in [4.69, 9.17) is 0 Å². The molecule has 1 saturated carbocycles. The minimum atomic E-state index is -3.34. The van der Waals surface area contributed by atoms with Gasteiger partial charge in [0.05, 0.1) is 42.5 Å². The molecule has 4 bridgehead atoms. The molecule has 3 saturated heterocycles. The van der Waals surface area contributed by atoms with E-state index in [0.717, 1.165) is 11.7 Å². The van der Waals surface area contributed by atoms with Crippen molar-refractivity contribution < 1.29 is 13.1 Å². The second-order valence-electron chi connectivity index (χ2n) is 6.07. The van der Waals surface area contributed by atoms with E-state index in [1.165, 1.54) is 0 Å². The van der Waals surface area contributed by atoms with Gasteiger partial charge in [0, 0.05) is 11.8 Å². The zero-order chi connectivity index (χ0) is 13.5. The molecule has 1 aliphatic carbocycles.